The Bertz CT molecular complexity index is 1150. The molecule has 0 aliphatic heterocycles. The third kappa shape index (κ3) is 4.88. The molecule has 3 aromatic carbocycles. The number of ketones is 2. The van der Waals surface area contributed by atoms with Gasteiger partial charge in [-0.05, 0) is 34.5 Å². The number of Topliss-reactive ketones (excluding diaryl/α,β-unsaturated/α-hetero) is 2. The summed E-state index contributed by atoms with van der Waals surface area (Å²) in [7, 11) is 0. The van der Waals surface area contributed by atoms with Gasteiger partial charge in [0.15, 0.2) is 11.6 Å². The third-order valence-electron chi connectivity index (χ3n) is 5.06. The molecule has 31 heavy (non-hydrogen) atoms. The predicted octanol–water partition coefficient (Wildman–Crippen LogP) is 6.27. The molecule has 1 aromatic heterocycles. The zero-order valence-electron chi connectivity index (χ0n) is 16.8. The molecule has 150 valence electrons. The van der Waals surface area contributed by atoms with Crippen LogP contribution in [0.3, 0.4) is 0 Å². The molecule has 0 radical (unpaired) electrons. The quantitative estimate of drug-likeness (QED) is 0.209. The Morgan fingerprint density at radius 1 is 0.677 bits per heavy atom. The van der Waals surface area contributed by atoms with Crippen molar-refractivity contribution in [3.05, 3.63) is 130 Å². The van der Waals surface area contributed by atoms with Crippen molar-refractivity contribution in [3.63, 3.8) is 0 Å². The van der Waals surface area contributed by atoms with Crippen LogP contribution < -0.4 is 0 Å². The van der Waals surface area contributed by atoms with Crippen molar-refractivity contribution < 1.29 is 9.59 Å². The molecule has 4 rings (SSSR count). The van der Waals surface area contributed by atoms with Gasteiger partial charge in [-0.1, -0.05) is 90.7 Å². The normalized spacial score (nSPS) is 11.4. The highest BCUT2D eigenvalue weighted by Crippen LogP contribution is 2.32. The topological polar surface area (TPSA) is 34.1 Å². The SMILES string of the molecule is O=C(c1ccccc1)C(C(=O)c1ccccc1)C(C#Cc1ccccc1)c1ccsc1. The number of rotatable bonds is 6. The van der Waals surface area contributed by atoms with Gasteiger partial charge in [0.1, 0.15) is 5.92 Å². The van der Waals surface area contributed by atoms with E-state index in [1.165, 1.54) is 11.3 Å². The summed E-state index contributed by atoms with van der Waals surface area (Å²) in [6.07, 6.45) is 0. The first-order chi connectivity index (χ1) is 15.2. The van der Waals surface area contributed by atoms with Crippen LogP contribution in [-0.4, -0.2) is 11.6 Å². The van der Waals surface area contributed by atoms with Crippen LogP contribution in [0.2, 0.25) is 0 Å². The molecule has 0 aliphatic rings. The number of carbonyl (C=O) groups excluding carboxylic acids is 2. The second kappa shape index (κ2) is 9.84. The largest absolute Gasteiger partial charge is 0.293 e. The van der Waals surface area contributed by atoms with Gasteiger partial charge in [0.25, 0.3) is 0 Å². The Hall–Kier alpha value is -3.74. The van der Waals surface area contributed by atoms with Crippen molar-refractivity contribution in [2.24, 2.45) is 5.92 Å². The summed E-state index contributed by atoms with van der Waals surface area (Å²) in [5, 5.41) is 3.91. The van der Waals surface area contributed by atoms with E-state index < -0.39 is 11.8 Å². The number of hydrogen-bond acceptors (Lipinski definition) is 3. The number of hydrogen-bond donors (Lipinski definition) is 0. The maximum absolute atomic E-state index is 13.6. The van der Waals surface area contributed by atoms with Crippen LogP contribution in [0.15, 0.2) is 108 Å². The molecule has 1 atom stereocenters. The highest BCUT2D eigenvalue weighted by Gasteiger charge is 2.36. The van der Waals surface area contributed by atoms with E-state index in [0.717, 1.165) is 11.1 Å². The monoisotopic (exact) mass is 420 g/mol. The van der Waals surface area contributed by atoms with Crippen LogP contribution in [0.1, 0.15) is 37.8 Å². The molecule has 0 spiro atoms. The minimum atomic E-state index is -0.935. The lowest BCUT2D eigenvalue weighted by molar-refractivity contribution is 0.0797. The van der Waals surface area contributed by atoms with E-state index in [-0.39, 0.29) is 11.6 Å². The average Bonchev–Trinajstić information content (AvgIpc) is 3.37. The molecule has 4 aromatic rings. The van der Waals surface area contributed by atoms with Crippen LogP contribution in [-0.2, 0) is 0 Å². The first kappa shape index (κ1) is 20.5. The fraction of sp³-hybridized carbons (Fsp3) is 0.0714. The van der Waals surface area contributed by atoms with Gasteiger partial charge in [-0.15, -0.1) is 0 Å². The zero-order valence-corrected chi connectivity index (χ0v) is 17.6. The molecule has 1 unspecified atom stereocenters. The zero-order chi connectivity index (χ0) is 21.5. The summed E-state index contributed by atoms with van der Waals surface area (Å²) in [4.78, 5) is 27.2. The fourth-order valence-corrected chi connectivity index (χ4v) is 4.18. The molecular formula is C28H20O2S. The first-order valence-electron chi connectivity index (χ1n) is 10.0. The van der Waals surface area contributed by atoms with Crippen molar-refractivity contribution >= 4 is 22.9 Å². The summed E-state index contributed by atoms with van der Waals surface area (Å²) in [6, 6.07) is 29.5. The lowest BCUT2D eigenvalue weighted by Gasteiger charge is -2.21. The second-order valence-electron chi connectivity index (χ2n) is 7.11. The highest BCUT2D eigenvalue weighted by molar-refractivity contribution is 7.08. The first-order valence-corrected chi connectivity index (χ1v) is 11.0. The fourth-order valence-electron chi connectivity index (χ4n) is 3.48. The molecule has 3 heteroatoms. The van der Waals surface area contributed by atoms with E-state index in [2.05, 4.69) is 11.8 Å². The minimum Gasteiger partial charge on any atom is -0.293 e. The van der Waals surface area contributed by atoms with Crippen molar-refractivity contribution in [3.8, 4) is 11.8 Å². The van der Waals surface area contributed by atoms with Gasteiger partial charge >= 0.3 is 0 Å². The molecule has 0 fully saturated rings. The summed E-state index contributed by atoms with van der Waals surface area (Å²) < 4.78 is 0. The maximum Gasteiger partial charge on any atom is 0.175 e. The summed E-state index contributed by atoms with van der Waals surface area (Å²) >= 11 is 1.53. The lowest BCUT2D eigenvalue weighted by Crippen LogP contribution is -2.30. The Labute approximate surface area is 186 Å². The summed E-state index contributed by atoms with van der Waals surface area (Å²) in [5.41, 5.74) is 2.75. The van der Waals surface area contributed by atoms with Gasteiger partial charge in [-0.3, -0.25) is 9.59 Å². The summed E-state index contributed by atoms with van der Waals surface area (Å²) in [5.74, 6) is 4.52. The van der Waals surface area contributed by atoms with Crippen LogP contribution in [0.5, 0.6) is 0 Å². The van der Waals surface area contributed by atoms with Crippen LogP contribution >= 0.6 is 11.3 Å². The van der Waals surface area contributed by atoms with E-state index in [9.17, 15) is 9.59 Å². The minimum absolute atomic E-state index is 0.215. The Balaban J connectivity index is 1.83. The van der Waals surface area contributed by atoms with Crippen molar-refractivity contribution in [1.82, 2.24) is 0 Å². The van der Waals surface area contributed by atoms with E-state index in [1.54, 1.807) is 24.3 Å². The molecule has 1 heterocycles. The van der Waals surface area contributed by atoms with Gasteiger partial charge in [0.2, 0.25) is 0 Å². The van der Waals surface area contributed by atoms with Crippen LogP contribution in [0.4, 0.5) is 0 Å². The van der Waals surface area contributed by atoms with E-state index in [0.29, 0.717) is 11.1 Å². The molecule has 0 saturated heterocycles. The molecule has 0 amide bonds. The van der Waals surface area contributed by atoms with Gasteiger partial charge in [0, 0.05) is 16.7 Å². The molecule has 0 N–H and O–H groups in total. The van der Waals surface area contributed by atoms with E-state index in [1.807, 2.05) is 83.6 Å². The number of thiophene rings is 1. The number of carbonyl (C=O) groups is 2. The van der Waals surface area contributed by atoms with Crippen molar-refractivity contribution in [2.75, 3.05) is 0 Å². The van der Waals surface area contributed by atoms with Gasteiger partial charge in [-0.2, -0.15) is 11.3 Å². The molecule has 2 nitrogen and oxygen atoms in total. The van der Waals surface area contributed by atoms with Crippen LogP contribution in [0.25, 0.3) is 0 Å². The lowest BCUT2D eigenvalue weighted by atomic mass is 9.78. The predicted molar refractivity (Wildman–Crippen MR) is 125 cm³/mol. The maximum atomic E-state index is 13.6. The second-order valence-corrected chi connectivity index (χ2v) is 7.89. The summed E-state index contributed by atoms with van der Waals surface area (Å²) in [6.45, 7) is 0. The molecule has 0 bridgehead atoms. The van der Waals surface area contributed by atoms with Gasteiger partial charge in [-0.25, -0.2) is 0 Å². The molecule has 0 aliphatic carbocycles. The Morgan fingerprint density at radius 2 is 1.19 bits per heavy atom. The standard InChI is InChI=1S/C28H20O2S/c29-27(22-12-6-2-7-13-22)26(28(30)23-14-8-3-9-15-23)25(24-18-19-31-20-24)17-16-21-10-4-1-5-11-21/h1-15,18-20,25-26H. The average molecular weight is 421 g/mol. The van der Waals surface area contributed by atoms with Gasteiger partial charge in [0.05, 0.1) is 5.92 Å². The van der Waals surface area contributed by atoms with Crippen LogP contribution in [0, 0.1) is 17.8 Å². The third-order valence-corrected chi connectivity index (χ3v) is 5.76. The highest BCUT2D eigenvalue weighted by atomic mass is 32.1. The Kier molecular flexibility index (Phi) is 6.52. The smallest absolute Gasteiger partial charge is 0.175 e. The van der Waals surface area contributed by atoms with E-state index >= 15 is 0 Å². The molecular weight excluding hydrogens is 400 g/mol. The van der Waals surface area contributed by atoms with E-state index in [4.69, 9.17) is 0 Å². The molecule has 0 saturated carbocycles. The van der Waals surface area contributed by atoms with Gasteiger partial charge < -0.3 is 0 Å². The van der Waals surface area contributed by atoms with Crippen molar-refractivity contribution in [2.45, 2.75) is 5.92 Å². The Morgan fingerprint density at radius 3 is 1.68 bits per heavy atom. The number of benzene rings is 3. The van der Waals surface area contributed by atoms with Crippen molar-refractivity contribution in [1.29, 1.82) is 0 Å².